The van der Waals surface area contributed by atoms with Crippen LogP contribution in [0.3, 0.4) is 0 Å². The van der Waals surface area contributed by atoms with Crippen molar-refractivity contribution in [1.82, 2.24) is 9.80 Å². The van der Waals surface area contributed by atoms with Gasteiger partial charge < -0.3 is 0 Å². The minimum atomic E-state index is -0.925. The van der Waals surface area contributed by atoms with E-state index in [4.69, 9.17) is 23.2 Å². The fourth-order valence-electron chi connectivity index (χ4n) is 4.24. The molecule has 1 aliphatic heterocycles. The van der Waals surface area contributed by atoms with Crippen LogP contribution in [0.5, 0.6) is 0 Å². The summed E-state index contributed by atoms with van der Waals surface area (Å²) in [5.41, 5.74) is 2.64. The van der Waals surface area contributed by atoms with E-state index >= 15 is 0 Å². The summed E-state index contributed by atoms with van der Waals surface area (Å²) in [6.07, 6.45) is 0.172. The van der Waals surface area contributed by atoms with Gasteiger partial charge in [-0.25, -0.2) is 0 Å². The predicted octanol–water partition coefficient (Wildman–Crippen LogP) is 4.83. The van der Waals surface area contributed by atoms with Gasteiger partial charge in [-0.05, 0) is 41.0 Å². The second kappa shape index (κ2) is 11.6. The zero-order valence-corrected chi connectivity index (χ0v) is 20.7. The molecule has 4 rings (SSSR count). The standard InChI is InChI=1S/C28H26Cl2N2O3/c29-23-10-6-20(7-11-23)16-26(33)25-19-31(18-22-4-2-1-3-5-22)14-15-32(28(25)35)27(34)17-21-8-12-24(30)13-9-21/h1-13,25H,14-19H2. The molecule has 1 heterocycles. The minimum absolute atomic E-state index is 0.0691. The second-order valence-corrected chi connectivity index (χ2v) is 9.60. The highest BCUT2D eigenvalue weighted by molar-refractivity contribution is 6.30. The average Bonchev–Trinajstić information content (AvgIpc) is 3.01. The molecule has 2 amide bonds. The van der Waals surface area contributed by atoms with Gasteiger partial charge in [0.15, 0.2) is 5.78 Å². The Labute approximate surface area is 215 Å². The van der Waals surface area contributed by atoms with Crippen molar-refractivity contribution >= 4 is 40.8 Å². The van der Waals surface area contributed by atoms with Crippen LogP contribution in [-0.2, 0) is 33.8 Å². The number of Topliss-reactive ketones (excluding diaryl/α,β-unsaturated/α-hetero) is 1. The van der Waals surface area contributed by atoms with Gasteiger partial charge in [-0.2, -0.15) is 0 Å². The van der Waals surface area contributed by atoms with Crippen molar-refractivity contribution in [3.05, 3.63) is 106 Å². The van der Waals surface area contributed by atoms with E-state index in [1.807, 2.05) is 30.3 Å². The minimum Gasteiger partial charge on any atom is -0.298 e. The van der Waals surface area contributed by atoms with Crippen LogP contribution in [0.1, 0.15) is 16.7 Å². The molecule has 1 fully saturated rings. The predicted molar refractivity (Wildman–Crippen MR) is 137 cm³/mol. The topological polar surface area (TPSA) is 57.7 Å². The van der Waals surface area contributed by atoms with Crippen molar-refractivity contribution in [3.8, 4) is 0 Å². The van der Waals surface area contributed by atoms with Gasteiger partial charge >= 0.3 is 0 Å². The van der Waals surface area contributed by atoms with Crippen LogP contribution in [0.15, 0.2) is 78.9 Å². The molecule has 0 aromatic heterocycles. The average molecular weight is 509 g/mol. The van der Waals surface area contributed by atoms with Crippen LogP contribution in [0.25, 0.3) is 0 Å². The molecular weight excluding hydrogens is 483 g/mol. The molecule has 180 valence electrons. The quantitative estimate of drug-likeness (QED) is 0.428. The van der Waals surface area contributed by atoms with E-state index in [1.165, 1.54) is 4.90 Å². The number of halogens is 2. The smallest absolute Gasteiger partial charge is 0.241 e. The zero-order chi connectivity index (χ0) is 24.8. The molecule has 0 saturated carbocycles. The third-order valence-electron chi connectivity index (χ3n) is 6.14. The number of carbonyl (C=O) groups is 3. The van der Waals surface area contributed by atoms with Gasteiger partial charge in [-0.1, -0.05) is 77.8 Å². The van der Waals surface area contributed by atoms with Crippen molar-refractivity contribution in [2.24, 2.45) is 5.92 Å². The summed E-state index contributed by atoms with van der Waals surface area (Å²) in [4.78, 5) is 43.4. The van der Waals surface area contributed by atoms with E-state index in [9.17, 15) is 14.4 Å². The fourth-order valence-corrected chi connectivity index (χ4v) is 4.49. The largest absolute Gasteiger partial charge is 0.298 e. The maximum absolute atomic E-state index is 13.5. The molecule has 0 N–H and O–H groups in total. The zero-order valence-electron chi connectivity index (χ0n) is 19.2. The summed E-state index contributed by atoms with van der Waals surface area (Å²) in [5.74, 6) is -1.88. The number of hydrogen-bond acceptors (Lipinski definition) is 4. The summed E-state index contributed by atoms with van der Waals surface area (Å²) < 4.78 is 0. The third-order valence-corrected chi connectivity index (χ3v) is 6.65. The Morgan fingerprint density at radius 2 is 1.31 bits per heavy atom. The molecule has 35 heavy (non-hydrogen) atoms. The molecule has 0 spiro atoms. The first-order chi connectivity index (χ1) is 16.9. The lowest BCUT2D eigenvalue weighted by Gasteiger charge is -2.22. The van der Waals surface area contributed by atoms with Gasteiger partial charge in [0.1, 0.15) is 5.92 Å². The fraction of sp³-hybridized carbons (Fsp3) is 0.250. The Bertz CT molecular complexity index is 1180. The first-order valence-corrected chi connectivity index (χ1v) is 12.3. The third kappa shape index (κ3) is 6.79. The van der Waals surface area contributed by atoms with Gasteiger partial charge in [0.05, 0.1) is 6.42 Å². The first kappa shape index (κ1) is 25.1. The summed E-state index contributed by atoms with van der Waals surface area (Å²) >= 11 is 11.9. The highest BCUT2D eigenvalue weighted by Crippen LogP contribution is 2.20. The van der Waals surface area contributed by atoms with Gasteiger partial charge in [0.25, 0.3) is 0 Å². The number of hydrogen-bond donors (Lipinski definition) is 0. The van der Waals surface area contributed by atoms with Crippen LogP contribution in [0, 0.1) is 5.92 Å². The first-order valence-electron chi connectivity index (χ1n) is 11.5. The molecule has 7 heteroatoms. The number of rotatable bonds is 7. The summed E-state index contributed by atoms with van der Waals surface area (Å²) in [5, 5.41) is 1.16. The van der Waals surface area contributed by atoms with Gasteiger partial charge in [0, 0.05) is 42.6 Å². The maximum atomic E-state index is 13.5. The van der Waals surface area contributed by atoms with E-state index in [2.05, 4.69) is 4.90 Å². The Morgan fingerprint density at radius 1 is 0.743 bits per heavy atom. The van der Waals surface area contributed by atoms with Crippen molar-refractivity contribution in [2.75, 3.05) is 19.6 Å². The molecule has 0 aliphatic carbocycles. The summed E-state index contributed by atoms with van der Waals surface area (Å²) in [7, 11) is 0. The Kier molecular flexibility index (Phi) is 8.34. The number of carbonyl (C=O) groups excluding carboxylic acids is 3. The molecule has 3 aromatic carbocycles. The summed E-state index contributed by atoms with van der Waals surface area (Å²) in [6.45, 7) is 1.60. The molecule has 0 bridgehead atoms. The lowest BCUT2D eigenvalue weighted by atomic mass is 9.95. The van der Waals surface area contributed by atoms with Crippen LogP contribution in [-0.4, -0.2) is 47.0 Å². The van der Waals surface area contributed by atoms with Crippen molar-refractivity contribution in [1.29, 1.82) is 0 Å². The van der Waals surface area contributed by atoms with Gasteiger partial charge in [-0.15, -0.1) is 0 Å². The Balaban J connectivity index is 1.55. The summed E-state index contributed by atoms with van der Waals surface area (Å²) in [6, 6.07) is 23.9. The molecule has 1 unspecified atom stereocenters. The van der Waals surface area contributed by atoms with Crippen molar-refractivity contribution < 1.29 is 14.4 Å². The SMILES string of the molecule is O=C(Cc1ccc(Cl)cc1)C1CN(Cc2ccccc2)CCN(C(=O)Cc2ccc(Cl)cc2)C1=O. The lowest BCUT2D eigenvalue weighted by molar-refractivity contribution is -0.148. The van der Waals surface area contributed by atoms with E-state index < -0.39 is 11.8 Å². The highest BCUT2D eigenvalue weighted by Gasteiger charge is 2.37. The molecule has 3 aromatic rings. The van der Waals surface area contributed by atoms with E-state index in [0.29, 0.717) is 23.1 Å². The number of imide groups is 1. The second-order valence-electron chi connectivity index (χ2n) is 8.73. The normalized spacial score (nSPS) is 16.7. The van der Waals surface area contributed by atoms with Crippen LogP contribution < -0.4 is 0 Å². The monoisotopic (exact) mass is 508 g/mol. The molecule has 1 aliphatic rings. The van der Waals surface area contributed by atoms with Gasteiger partial charge in [-0.3, -0.25) is 24.2 Å². The van der Waals surface area contributed by atoms with E-state index in [-0.39, 0.29) is 37.6 Å². The molecule has 0 radical (unpaired) electrons. The molecule has 1 saturated heterocycles. The number of nitrogens with zero attached hydrogens (tertiary/aromatic N) is 2. The van der Waals surface area contributed by atoms with Gasteiger partial charge in [0.2, 0.25) is 11.8 Å². The Hall–Kier alpha value is -2.99. The maximum Gasteiger partial charge on any atom is 0.241 e. The van der Waals surface area contributed by atoms with Crippen LogP contribution in [0.2, 0.25) is 10.0 Å². The van der Waals surface area contributed by atoms with Crippen LogP contribution in [0.4, 0.5) is 0 Å². The number of amides is 2. The molecule has 5 nitrogen and oxygen atoms in total. The van der Waals surface area contributed by atoms with Crippen molar-refractivity contribution in [3.63, 3.8) is 0 Å². The van der Waals surface area contributed by atoms with E-state index in [0.717, 1.165) is 16.7 Å². The number of ketones is 1. The Morgan fingerprint density at radius 3 is 1.91 bits per heavy atom. The highest BCUT2D eigenvalue weighted by atomic mass is 35.5. The molecular formula is C28H26Cl2N2O3. The van der Waals surface area contributed by atoms with Crippen molar-refractivity contribution in [2.45, 2.75) is 19.4 Å². The molecule has 1 atom stereocenters. The number of benzene rings is 3. The lowest BCUT2D eigenvalue weighted by Crippen LogP contribution is -2.44. The van der Waals surface area contributed by atoms with E-state index in [1.54, 1.807) is 48.5 Å². The van der Waals surface area contributed by atoms with Crippen LogP contribution >= 0.6 is 23.2 Å².